The fourth-order valence-corrected chi connectivity index (χ4v) is 3.11. The molecule has 21 heavy (non-hydrogen) atoms. The second-order valence-corrected chi connectivity index (χ2v) is 6.68. The zero-order chi connectivity index (χ0) is 15.6. The smallest absolute Gasteiger partial charge is 0.264 e. The molecule has 0 aromatic heterocycles. The van der Waals surface area contributed by atoms with Gasteiger partial charge in [-0.1, -0.05) is 17.7 Å². The lowest BCUT2D eigenvalue weighted by Gasteiger charge is -2.20. The van der Waals surface area contributed by atoms with E-state index in [1.54, 1.807) is 42.5 Å². The lowest BCUT2D eigenvalue weighted by Crippen LogP contribution is -2.26. The number of methoxy groups -OCH3 is 1. The predicted octanol–water partition coefficient (Wildman–Crippen LogP) is 2.41. The van der Waals surface area contributed by atoms with E-state index < -0.39 is 10.0 Å². The van der Waals surface area contributed by atoms with Gasteiger partial charge in [0.2, 0.25) is 0 Å². The number of hydrogen-bond acceptors (Lipinski definition) is 4. The first-order chi connectivity index (χ1) is 9.86. The van der Waals surface area contributed by atoms with Crippen LogP contribution in [0.1, 0.15) is 5.56 Å². The van der Waals surface area contributed by atoms with E-state index in [1.165, 1.54) is 18.5 Å². The molecule has 0 saturated heterocycles. The Morgan fingerprint density at radius 1 is 1.10 bits per heavy atom. The summed E-state index contributed by atoms with van der Waals surface area (Å²) in [7, 11) is -0.600. The molecule has 0 saturated carbocycles. The van der Waals surface area contributed by atoms with Crippen LogP contribution in [0.5, 0.6) is 5.75 Å². The highest BCUT2D eigenvalue weighted by Crippen LogP contribution is 2.29. The molecule has 2 N–H and O–H groups in total. The van der Waals surface area contributed by atoms with E-state index in [1.807, 2.05) is 6.92 Å². The zero-order valence-electron chi connectivity index (χ0n) is 12.2. The van der Waals surface area contributed by atoms with Crippen LogP contribution in [0.4, 0.5) is 11.4 Å². The Bertz CT molecular complexity index is 740. The summed E-state index contributed by atoms with van der Waals surface area (Å²) in [6, 6.07) is 11.6. The molecule has 0 spiro atoms. The lowest BCUT2D eigenvalue weighted by atomic mass is 10.2. The highest BCUT2D eigenvalue weighted by atomic mass is 32.2. The summed E-state index contributed by atoms with van der Waals surface area (Å²) in [5.74, 6) is 0.514. The fraction of sp³-hybridized carbons (Fsp3) is 0.200. The summed E-state index contributed by atoms with van der Waals surface area (Å²) in [4.78, 5) is 0.241. The van der Waals surface area contributed by atoms with Crippen LogP contribution < -0.4 is 14.8 Å². The molecule has 0 radical (unpaired) electrons. The van der Waals surface area contributed by atoms with E-state index >= 15 is 0 Å². The Morgan fingerprint density at radius 3 is 2.24 bits per heavy atom. The van der Waals surface area contributed by atoms with Gasteiger partial charge < -0.3 is 10.5 Å². The number of nitrogen functional groups attached to an aromatic ring is 1. The van der Waals surface area contributed by atoms with Gasteiger partial charge in [-0.15, -0.1) is 0 Å². The van der Waals surface area contributed by atoms with E-state index in [0.717, 1.165) is 5.56 Å². The van der Waals surface area contributed by atoms with Crippen molar-refractivity contribution in [2.75, 3.05) is 24.2 Å². The Labute approximate surface area is 125 Å². The average molecular weight is 306 g/mol. The van der Waals surface area contributed by atoms with Crippen molar-refractivity contribution in [1.29, 1.82) is 0 Å². The normalized spacial score (nSPS) is 11.2. The first-order valence-corrected chi connectivity index (χ1v) is 7.79. The van der Waals surface area contributed by atoms with Gasteiger partial charge in [0.25, 0.3) is 10.0 Å². The lowest BCUT2D eigenvalue weighted by molar-refractivity contribution is 0.417. The number of sulfonamides is 1. The first-order valence-electron chi connectivity index (χ1n) is 6.35. The van der Waals surface area contributed by atoms with E-state index in [4.69, 9.17) is 10.5 Å². The van der Waals surface area contributed by atoms with Crippen LogP contribution in [-0.4, -0.2) is 22.6 Å². The van der Waals surface area contributed by atoms with E-state index in [0.29, 0.717) is 17.1 Å². The number of nitrogens with zero attached hydrogens (tertiary/aromatic N) is 1. The molecule has 2 aromatic rings. The molecule has 0 aliphatic rings. The van der Waals surface area contributed by atoms with Gasteiger partial charge in [0, 0.05) is 7.05 Å². The van der Waals surface area contributed by atoms with Crippen molar-refractivity contribution in [2.45, 2.75) is 11.8 Å². The summed E-state index contributed by atoms with van der Waals surface area (Å²) < 4.78 is 31.4. The number of ether oxygens (including phenoxy) is 1. The maximum absolute atomic E-state index is 12.6. The maximum atomic E-state index is 12.6. The van der Waals surface area contributed by atoms with Crippen LogP contribution in [-0.2, 0) is 10.0 Å². The minimum absolute atomic E-state index is 0.241. The minimum atomic E-state index is -3.61. The molecule has 5 nitrogen and oxygen atoms in total. The molecular weight excluding hydrogens is 288 g/mol. The van der Waals surface area contributed by atoms with Crippen molar-refractivity contribution in [3.05, 3.63) is 48.0 Å². The van der Waals surface area contributed by atoms with Gasteiger partial charge in [0.05, 0.1) is 23.4 Å². The number of benzene rings is 2. The average Bonchev–Trinajstić information content (AvgIpc) is 2.46. The van der Waals surface area contributed by atoms with Crippen LogP contribution in [0.15, 0.2) is 47.4 Å². The van der Waals surface area contributed by atoms with Crippen LogP contribution >= 0.6 is 0 Å². The molecule has 0 unspecified atom stereocenters. The van der Waals surface area contributed by atoms with Crippen molar-refractivity contribution >= 4 is 21.4 Å². The van der Waals surface area contributed by atoms with Gasteiger partial charge in [-0.25, -0.2) is 8.42 Å². The van der Waals surface area contributed by atoms with Gasteiger partial charge >= 0.3 is 0 Å². The monoisotopic (exact) mass is 306 g/mol. The third kappa shape index (κ3) is 2.95. The largest absolute Gasteiger partial charge is 0.495 e. The Kier molecular flexibility index (Phi) is 4.09. The topological polar surface area (TPSA) is 72.6 Å². The third-order valence-electron chi connectivity index (χ3n) is 3.26. The molecular formula is C15H18N2O3S. The molecule has 112 valence electrons. The third-order valence-corrected chi connectivity index (χ3v) is 5.06. The van der Waals surface area contributed by atoms with Crippen LogP contribution in [0.3, 0.4) is 0 Å². The number of hydrogen-bond donors (Lipinski definition) is 1. The Hall–Kier alpha value is -2.21. The quantitative estimate of drug-likeness (QED) is 0.880. The summed E-state index contributed by atoms with van der Waals surface area (Å²) >= 11 is 0. The summed E-state index contributed by atoms with van der Waals surface area (Å²) in [5.41, 5.74) is 7.70. The zero-order valence-corrected chi connectivity index (χ0v) is 13.0. The molecule has 6 heteroatoms. The second-order valence-electron chi connectivity index (χ2n) is 4.71. The molecule has 2 aromatic carbocycles. The summed E-state index contributed by atoms with van der Waals surface area (Å²) in [6.45, 7) is 1.91. The van der Waals surface area contributed by atoms with Crippen LogP contribution in [0.2, 0.25) is 0 Å². The van der Waals surface area contributed by atoms with Crippen molar-refractivity contribution in [2.24, 2.45) is 0 Å². The maximum Gasteiger partial charge on any atom is 0.264 e. The van der Waals surface area contributed by atoms with Gasteiger partial charge in [0.1, 0.15) is 5.75 Å². The summed E-state index contributed by atoms with van der Waals surface area (Å²) in [6.07, 6.45) is 0. The van der Waals surface area contributed by atoms with Gasteiger partial charge in [0.15, 0.2) is 0 Å². The minimum Gasteiger partial charge on any atom is -0.495 e. The van der Waals surface area contributed by atoms with Crippen molar-refractivity contribution in [3.63, 3.8) is 0 Å². The number of anilines is 2. The van der Waals surface area contributed by atoms with Crippen molar-refractivity contribution in [1.82, 2.24) is 0 Å². The van der Waals surface area contributed by atoms with Crippen LogP contribution in [0.25, 0.3) is 0 Å². The van der Waals surface area contributed by atoms with Crippen molar-refractivity contribution < 1.29 is 13.2 Å². The van der Waals surface area contributed by atoms with Gasteiger partial charge in [-0.3, -0.25) is 4.31 Å². The first kappa shape index (κ1) is 15.2. The van der Waals surface area contributed by atoms with Crippen molar-refractivity contribution in [3.8, 4) is 5.75 Å². The number of rotatable bonds is 4. The fourth-order valence-electron chi connectivity index (χ4n) is 1.92. The SMILES string of the molecule is COc1ccc(N(C)S(=O)(=O)c2ccc(C)cc2)cc1N. The van der Waals surface area contributed by atoms with Gasteiger partial charge in [-0.05, 0) is 37.3 Å². The molecule has 0 aliphatic carbocycles. The molecule has 0 fully saturated rings. The molecule has 0 bridgehead atoms. The summed E-state index contributed by atoms with van der Waals surface area (Å²) in [5, 5.41) is 0. The molecule has 0 atom stereocenters. The standard InChI is InChI=1S/C15H18N2O3S/c1-11-4-7-13(8-5-11)21(18,19)17(2)12-6-9-15(20-3)14(16)10-12/h4-10H,16H2,1-3H3. The molecule has 2 rings (SSSR count). The molecule has 0 heterocycles. The Morgan fingerprint density at radius 2 is 1.71 bits per heavy atom. The molecule has 0 amide bonds. The predicted molar refractivity (Wildman–Crippen MR) is 84.2 cm³/mol. The number of aryl methyl sites for hydroxylation is 1. The number of nitrogens with two attached hydrogens (primary N) is 1. The van der Waals surface area contributed by atoms with E-state index in [9.17, 15) is 8.42 Å². The second kappa shape index (κ2) is 5.65. The van der Waals surface area contributed by atoms with Crippen LogP contribution in [0, 0.1) is 6.92 Å². The van der Waals surface area contributed by atoms with Gasteiger partial charge in [-0.2, -0.15) is 0 Å². The van der Waals surface area contributed by atoms with E-state index in [-0.39, 0.29) is 4.90 Å². The molecule has 0 aliphatic heterocycles. The van der Waals surface area contributed by atoms with E-state index in [2.05, 4.69) is 0 Å². The Balaban J connectivity index is 2.40. The highest BCUT2D eigenvalue weighted by molar-refractivity contribution is 7.92. The highest BCUT2D eigenvalue weighted by Gasteiger charge is 2.21.